The van der Waals surface area contributed by atoms with Crippen molar-refractivity contribution in [3.8, 4) is 0 Å². The quantitative estimate of drug-likeness (QED) is 0.239. The Bertz CT molecular complexity index is 683. The molecule has 10 nitrogen and oxygen atoms in total. The maximum Gasteiger partial charge on any atom is 0.331 e. The Kier molecular flexibility index (Phi) is 9.45. The number of nitrogens with one attached hydrogen (secondary N) is 2. The van der Waals surface area contributed by atoms with Crippen molar-refractivity contribution in [1.29, 1.82) is 0 Å². The highest BCUT2D eigenvalue weighted by molar-refractivity contribution is 6.09. The third-order valence-corrected chi connectivity index (χ3v) is 6.67. The van der Waals surface area contributed by atoms with E-state index in [-0.39, 0.29) is 24.7 Å². The van der Waals surface area contributed by atoms with E-state index < -0.39 is 65.7 Å². The molecule has 0 unspecified atom stereocenters. The van der Waals surface area contributed by atoms with Crippen LogP contribution in [0.3, 0.4) is 0 Å². The zero-order chi connectivity index (χ0) is 25.8. The second kappa shape index (κ2) is 10.8. The van der Waals surface area contributed by atoms with E-state index in [1.807, 2.05) is 27.7 Å². The van der Waals surface area contributed by atoms with Crippen LogP contribution in [0.4, 0.5) is 0 Å². The van der Waals surface area contributed by atoms with Gasteiger partial charge >= 0.3 is 11.9 Å². The number of aliphatic hydroxyl groups is 2. The summed E-state index contributed by atoms with van der Waals surface area (Å²) in [7, 11) is 0. The van der Waals surface area contributed by atoms with Crippen molar-refractivity contribution in [2.75, 3.05) is 13.2 Å². The zero-order valence-corrected chi connectivity index (χ0v) is 21.0. The van der Waals surface area contributed by atoms with Gasteiger partial charge in [0.2, 0.25) is 11.8 Å². The normalized spacial score (nSPS) is 17.2. The van der Waals surface area contributed by atoms with Crippen LogP contribution in [-0.4, -0.2) is 70.5 Å². The summed E-state index contributed by atoms with van der Waals surface area (Å²) in [6, 6.07) is -2.68. The van der Waals surface area contributed by atoms with Gasteiger partial charge in [-0.25, -0.2) is 9.59 Å². The Labute approximate surface area is 195 Å². The number of amides is 2. The van der Waals surface area contributed by atoms with E-state index in [0.29, 0.717) is 0 Å². The van der Waals surface area contributed by atoms with E-state index in [1.54, 1.807) is 27.7 Å². The molecule has 1 saturated carbocycles. The van der Waals surface area contributed by atoms with Crippen LogP contribution < -0.4 is 10.6 Å². The molecule has 0 saturated heterocycles. The fourth-order valence-electron chi connectivity index (χ4n) is 2.53. The average Bonchev–Trinajstić information content (AvgIpc) is 3.50. The molecule has 190 valence electrons. The Balaban J connectivity index is 2.84. The standard InChI is InChI=1S/C23H40N2O8/c1-13(2)21(5,6)32-17(28)15(11-26)24-19(30)23(9-10-23)20(31)25-16(12-27)18(29)33-22(7,8)14(3)4/h13-16,26-27H,9-12H2,1-8H3,(H,24,30)(H,25,31)/t15-,16-/m1/s1. The Morgan fingerprint density at radius 1 is 0.758 bits per heavy atom. The topological polar surface area (TPSA) is 151 Å². The Morgan fingerprint density at radius 3 is 1.27 bits per heavy atom. The first-order chi connectivity index (χ1) is 15.0. The van der Waals surface area contributed by atoms with Crippen LogP contribution in [0.1, 0.15) is 68.2 Å². The molecule has 4 N–H and O–H groups in total. The summed E-state index contributed by atoms with van der Waals surface area (Å²) in [4.78, 5) is 50.6. The van der Waals surface area contributed by atoms with Crippen molar-refractivity contribution in [3.63, 3.8) is 0 Å². The summed E-state index contributed by atoms with van der Waals surface area (Å²) in [6.07, 6.45) is 0.389. The molecule has 0 radical (unpaired) electrons. The van der Waals surface area contributed by atoms with Crippen LogP contribution in [0.15, 0.2) is 0 Å². The van der Waals surface area contributed by atoms with Crippen LogP contribution in [0, 0.1) is 17.3 Å². The first kappa shape index (κ1) is 28.8. The van der Waals surface area contributed by atoms with Gasteiger partial charge in [-0.2, -0.15) is 0 Å². The third kappa shape index (κ3) is 7.14. The van der Waals surface area contributed by atoms with Crippen LogP contribution in [-0.2, 0) is 28.7 Å². The lowest BCUT2D eigenvalue weighted by atomic mass is 9.94. The van der Waals surface area contributed by atoms with Gasteiger partial charge in [-0.1, -0.05) is 27.7 Å². The van der Waals surface area contributed by atoms with E-state index >= 15 is 0 Å². The molecule has 0 aromatic heterocycles. The lowest BCUT2D eigenvalue weighted by Gasteiger charge is -2.31. The number of aliphatic hydroxyl groups excluding tert-OH is 2. The minimum absolute atomic E-state index is 0.00658. The minimum Gasteiger partial charge on any atom is -0.458 e. The fourth-order valence-corrected chi connectivity index (χ4v) is 2.53. The Hall–Kier alpha value is -2.20. The summed E-state index contributed by atoms with van der Waals surface area (Å²) < 4.78 is 10.8. The van der Waals surface area contributed by atoms with Crippen LogP contribution in [0.2, 0.25) is 0 Å². The second-order valence-electron chi connectivity index (χ2n) is 10.4. The SMILES string of the molecule is CC(C)C(C)(C)OC(=O)[C@@H](CO)NC(=O)C1(C(=O)N[C@H](CO)C(=O)OC(C)(C)C(C)C)CC1. The summed E-state index contributed by atoms with van der Waals surface area (Å²) >= 11 is 0. The van der Waals surface area contributed by atoms with Crippen molar-refractivity contribution in [1.82, 2.24) is 10.6 Å². The van der Waals surface area contributed by atoms with Gasteiger partial charge in [-0.15, -0.1) is 0 Å². The molecule has 2 atom stereocenters. The largest absolute Gasteiger partial charge is 0.458 e. The highest BCUT2D eigenvalue weighted by atomic mass is 16.6. The van der Waals surface area contributed by atoms with Crippen LogP contribution in [0.5, 0.6) is 0 Å². The van der Waals surface area contributed by atoms with Gasteiger partial charge in [0.15, 0.2) is 12.1 Å². The molecule has 10 heteroatoms. The molecular formula is C23H40N2O8. The molecule has 0 bridgehead atoms. The number of esters is 2. The smallest absolute Gasteiger partial charge is 0.331 e. The fraction of sp³-hybridized carbons (Fsp3) is 0.826. The lowest BCUT2D eigenvalue weighted by Crippen LogP contribution is -2.55. The average molecular weight is 473 g/mol. The number of ether oxygens (including phenoxy) is 2. The monoisotopic (exact) mass is 472 g/mol. The van der Waals surface area contributed by atoms with Gasteiger partial charge in [0.25, 0.3) is 0 Å². The molecule has 0 aromatic carbocycles. The summed E-state index contributed by atoms with van der Waals surface area (Å²) in [6.45, 7) is 12.9. The number of hydrogen-bond donors (Lipinski definition) is 4. The van der Waals surface area contributed by atoms with Crippen molar-refractivity contribution >= 4 is 23.8 Å². The first-order valence-corrected chi connectivity index (χ1v) is 11.3. The predicted octanol–water partition coefficient (Wildman–Crippen LogP) is 0.676. The van der Waals surface area contributed by atoms with E-state index in [0.717, 1.165) is 0 Å². The summed E-state index contributed by atoms with van der Waals surface area (Å²) in [5.74, 6) is -3.15. The molecule has 0 heterocycles. The van der Waals surface area contributed by atoms with Gasteiger partial charge in [-0.05, 0) is 52.4 Å². The number of carbonyl (C=O) groups excluding carboxylic acids is 4. The predicted molar refractivity (Wildman–Crippen MR) is 120 cm³/mol. The van der Waals surface area contributed by atoms with Gasteiger partial charge in [0.1, 0.15) is 16.6 Å². The molecule has 0 aliphatic heterocycles. The molecule has 1 rings (SSSR count). The number of rotatable bonds is 12. The molecule has 2 amide bonds. The maximum atomic E-state index is 12.8. The molecule has 1 aliphatic carbocycles. The van der Waals surface area contributed by atoms with Crippen LogP contribution >= 0.6 is 0 Å². The summed E-state index contributed by atoms with van der Waals surface area (Å²) in [5.41, 5.74) is -3.13. The number of hydrogen-bond acceptors (Lipinski definition) is 8. The highest BCUT2D eigenvalue weighted by Gasteiger charge is 2.57. The minimum atomic E-state index is -1.50. The van der Waals surface area contributed by atoms with Gasteiger partial charge < -0.3 is 30.3 Å². The summed E-state index contributed by atoms with van der Waals surface area (Å²) in [5, 5.41) is 24.0. The lowest BCUT2D eigenvalue weighted by molar-refractivity contribution is -0.166. The van der Waals surface area contributed by atoms with Gasteiger partial charge in [0.05, 0.1) is 13.2 Å². The molecular weight excluding hydrogens is 432 g/mol. The molecule has 33 heavy (non-hydrogen) atoms. The molecule has 1 fully saturated rings. The van der Waals surface area contributed by atoms with E-state index in [1.165, 1.54) is 0 Å². The zero-order valence-electron chi connectivity index (χ0n) is 21.0. The van der Waals surface area contributed by atoms with Crippen molar-refractivity contribution in [2.45, 2.75) is 91.5 Å². The highest BCUT2D eigenvalue weighted by Crippen LogP contribution is 2.46. The van der Waals surface area contributed by atoms with Gasteiger partial charge in [0, 0.05) is 0 Å². The molecule has 0 aromatic rings. The maximum absolute atomic E-state index is 12.8. The molecule has 0 spiro atoms. The van der Waals surface area contributed by atoms with E-state index in [9.17, 15) is 29.4 Å². The first-order valence-electron chi connectivity index (χ1n) is 11.3. The Morgan fingerprint density at radius 2 is 1.06 bits per heavy atom. The number of carbonyl (C=O) groups is 4. The second-order valence-corrected chi connectivity index (χ2v) is 10.4. The van der Waals surface area contributed by atoms with Crippen molar-refractivity contribution in [2.24, 2.45) is 17.3 Å². The van der Waals surface area contributed by atoms with Crippen molar-refractivity contribution in [3.05, 3.63) is 0 Å². The van der Waals surface area contributed by atoms with E-state index in [4.69, 9.17) is 9.47 Å². The third-order valence-electron chi connectivity index (χ3n) is 6.67. The van der Waals surface area contributed by atoms with Gasteiger partial charge in [-0.3, -0.25) is 9.59 Å². The van der Waals surface area contributed by atoms with E-state index in [2.05, 4.69) is 10.6 Å². The molecule has 1 aliphatic rings. The van der Waals surface area contributed by atoms with Crippen molar-refractivity contribution < 1.29 is 38.9 Å². The van der Waals surface area contributed by atoms with Crippen LogP contribution in [0.25, 0.3) is 0 Å².